The number of amides is 1. The molecule has 0 aromatic carbocycles. The van der Waals surface area contributed by atoms with Crippen LogP contribution in [0.4, 0.5) is 5.00 Å². The van der Waals surface area contributed by atoms with Gasteiger partial charge in [-0.15, -0.1) is 21.5 Å². The van der Waals surface area contributed by atoms with E-state index in [1.54, 1.807) is 10.8 Å². The molecule has 0 saturated heterocycles. The fourth-order valence-electron chi connectivity index (χ4n) is 2.51. The van der Waals surface area contributed by atoms with Crippen molar-refractivity contribution in [1.29, 1.82) is 0 Å². The standard InChI is InChI=1S/C18H19N5O3S2/c1-10-11(2)28-16(14(10)17(25)26-4)20-13(24)9-27-18-22-21-15(23(18)3)12-7-5-6-8-19-12/h5-8H,9H2,1-4H3,(H,20,24). The van der Waals surface area contributed by atoms with E-state index in [9.17, 15) is 9.59 Å². The molecule has 0 unspecified atom stereocenters. The predicted molar refractivity (Wildman–Crippen MR) is 109 cm³/mol. The zero-order valence-electron chi connectivity index (χ0n) is 15.8. The Bertz CT molecular complexity index is 1010. The second-order valence-electron chi connectivity index (χ2n) is 5.90. The summed E-state index contributed by atoms with van der Waals surface area (Å²) in [5.41, 5.74) is 1.92. The summed E-state index contributed by atoms with van der Waals surface area (Å²) in [4.78, 5) is 29.6. The fourth-order valence-corrected chi connectivity index (χ4v) is 4.29. The number of aryl methyl sites for hydroxylation is 1. The number of thiophene rings is 1. The molecule has 10 heteroatoms. The van der Waals surface area contributed by atoms with Gasteiger partial charge in [0.2, 0.25) is 5.91 Å². The number of esters is 1. The van der Waals surface area contributed by atoms with Gasteiger partial charge in [-0.3, -0.25) is 9.78 Å². The molecule has 28 heavy (non-hydrogen) atoms. The topological polar surface area (TPSA) is 99.0 Å². The predicted octanol–water partition coefficient (Wildman–Crippen LogP) is 3.07. The van der Waals surface area contributed by atoms with Crippen molar-refractivity contribution in [2.75, 3.05) is 18.2 Å². The van der Waals surface area contributed by atoms with Gasteiger partial charge in [-0.2, -0.15) is 0 Å². The maximum Gasteiger partial charge on any atom is 0.341 e. The molecule has 3 heterocycles. The molecule has 0 bridgehead atoms. The van der Waals surface area contributed by atoms with Crippen LogP contribution < -0.4 is 5.32 Å². The Morgan fingerprint density at radius 2 is 2.07 bits per heavy atom. The van der Waals surface area contributed by atoms with E-state index in [-0.39, 0.29) is 11.7 Å². The van der Waals surface area contributed by atoms with Crippen LogP contribution in [0.15, 0.2) is 29.6 Å². The van der Waals surface area contributed by atoms with Crippen LogP contribution in [0.2, 0.25) is 0 Å². The number of rotatable bonds is 6. The van der Waals surface area contributed by atoms with Gasteiger partial charge in [0.15, 0.2) is 11.0 Å². The Morgan fingerprint density at radius 1 is 1.29 bits per heavy atom. The number of hydrogen-bond donors (Lipinski definition) is 1. The van der Waals surface area contributed by atoms with E-state index in [4.69, 9.17) is 4.74 Å². The highest BCUT2D eigenvalue weighted by Gasteiger charge is 2.22. The number of carbonyl (C=O) groups is 2. The van der Waals surface area contributed by atoms with Crippen molar-refractivity contribution < 1.29 is 14.3 Å². The normalized spacial score (nSPS) is 10.7. The Hall–Kier alpha value is -2.72. The SMILES string of the molecule is COC(=O)c1c(NC(=O)CSc2nnc(-c3ccccn3)n2C)sc(C)c1C. The van der Waals surface area contributed by atoms with E-state index in [1.165, 1.54) is 30.2 Å². The molecular weight excluding hydrogens is 398 g/mol. The van der Waals surface area contributed by atoms with Gasteiger partial charge in [0.1, 0.15) is 10.7 Å². The van der Waals surface area contributed by atoms with Crippen molar-refractivity contribution in [2.24, 2.45) is 7.05 Å². The second kappa shape index (κ2) is 8.53. The van der Waals surface area contributed by atoms with E-state index in [2.05, 4.69) is 20.5 Å². The van der Waals surface area contributed by atoms with Gasteiger partial charge in [-0.1, -0.05) is 17.8 Å². The molecule has 8 nitrogen and oxygen atoms in total. The third kappa shape index (κ3) is 4.07. The summed E-state index contributed by atoms with van der Waals surface area (Å²) in [7, 11) is 3.15. The average Bonchev–Trinajstić information content (AvgIpc) is 3.19. The Labute approximate surface area is 170 Å². The smallest absolute Gasteiger partial charge is 0.341 e. The molecule has 3 aromatic heterocycles. The third-order valence-electron chi connectivity index (χ3n) is 4.09. The van der Waals surface area contributed by atoms with Crippen LogP contribution in [-0.4, -0.2) is 44.5 Å². The van der Waals surface area contributed by atoms with Gasteiger partial charge in [-0.05, 0) is 31.5 Å². The minimum absolute atomic E-state index is 0.130. The molecule has 0 atom stereocenters. The van der Waals surface area contributed by atoms with Gasteiger partial charge >= 0.3 is 5.97 Å². The molecule has 0 radical (unpaired) electrons. The number of methoxy groups -OCH3 is 1. The first kappa shape index (κ1) is 20.0. The minimum atomic E-state index is -0.460. The van der Waals surface area contributed by atoms with E-state index in [1.807, 2.05) is 39.1 Å². The van der Waals surface area contributed by atoms with Crippen molar-refractivity contribution in [1.82, 2.24) is 19.7 Å². The van der Waals surface area contributed by atoms with Crippen molar-refractivity contribution in [2.45, 2.75) is 19.0 Å². The molecule has 0 aliphatic heterocycles. The maximum atomic E-state index is 12.4. The van der Waals surface area contributed by atoms with E-state index >= 15 is 0 Å². The van der Waals surface area contributed by atoms with E-state index in [0.29, 0.717) is 27.2 Å². The Kier molecular flexibility index (Phi) is 6.10. The number of anilines is 1. The molecule has 0 aliphatic carbocycles. The number of thioether (sulfide) groups is 1. The number of aromatic nitrogens is 4. The van der Waals surface area contributed by atoms with Gasteiger partial charge in [-0.25, -0.2) is 4.79 Å². The Morgan fingerprint density at radius 3 is 2.75 bits per heavy atom. The number of hydrogen-bond acceptors (Lipinski definition) is 8. The lowest BCUT2D eigenvalue weighted by molar-refractivity contribution is -0.113. The van der Waals surface area contributed by atoms with Gasteiger partial charge in [0.05, 0.1) is 18.4 Å². The van der Waals surface area contributed by atoms with Crippen molar-refractivity contribution in [3.05, 3.63) is 40.4 Å². The molecule has 0 fully saturated rings. The van der Waals surface area contributed by atoms with Crippen LogP contribution in [0.25, 0.3) is 11.5 Å². The van der Waals surface area contributed by atoms with Gasteiger partial charge in [0, 0.05) is 18.1 Å². The van der Waals surface area contributed by atoms with Crippen LogP contribution >= 0.6 is 23.1 Å². The first-order chi connectivity index (χ1) is 13.4. The summed E-state index contributed by atoms with van der Waals surface area (Å²) >= 11 is 2.61. The quantitative estimate of drug-likeness (QED) is 0.486. The van der Waals surface area contributed by atoms with Crippen molar-refractivity contribution in [3.8, 4) is 11.5 Å². The molecule has 0 saturated carbocycles. The summed E-state index contributed by atoms with van der Waals surface area (Å²) in [5.74, 6) is 0.0584. The lowest BCUT2D eigenvalue weighted by atomic mass is 10.1. The summed E-state index contributed by atoms with van der Waals surface area (Å²) in [6.07, 6.45) is 1.69. The lowest BCUT2D eigenvalue weighted by Crippen LogP contribution is -2.16. The first-order valence-electron chi connectivity index (χ1n) is 8.34. The summed E-state index contributed by atoms with van der Waals surface area (Å²) in [6.45, 7) is 3.73. The highest BCUT2D eigenvalue weighted by Crippen LogP contribution is 2.33. The molecular formula is C18H19N5O3S2. The van der Waals surface area contributed by atoms with Crippen LogP contribution in [0.5, 0.6) is 0 Å². The maximum absolute atomic E-state index is 12.4. The highest BCUT2D eigenvalue weighted by molar-refractivity contribution is 7.99. The molecule has 3 rings (SSSR count). The van der Waals surface area contributed by atoms with Gasteiger partial charge in [0.25, 0.3) is 0 Å². The molecule has 1 amide bonds. The minimum Gasteiger partial charge on any atom is -0.465 e. The van der Waals surface area contributed by atoms with E-state index in [0.717, 1.165) is 10.4 Å². The molecule has 1 N–H and O–H groups in total. The van der Waals surface area contributed by atoms with Gasteiger partial charge < -0.3 is 14.6 Å². The molecule has 146 valence electrons. The largest absolute Gasteiger partial charge is 0.465 e. The fraction of sp³-hybridized carbons (Fsp3) is 0.278. The summed E-state index contributed by atoms with van der Waals surface area (Å²) in [6, 6.07) is 5.55. The van der Waals surface area contributed by atoms with Crippen LogP contribution in [0, 0.1) is 13.8 Å². The zero-order valence-corrected chi connectivity index (χ0v) is 17.5. The number of nitrogens with zero attached hydrogens (tertiary/aromatic N) is 4. The van der Waals surface area contributed by atoms with Crippen LogP contribution in [-0.2, 0) is 16.6 Å². The second-order valence-corrected chi connectivity index (χ2v) is 8.06. The summed E-state index contributed by atoms with van der Waals surface area (Å²) in [5, 5.41) is 12.2. The van der Waals surface area contributed by atoms with E-state index < -0.39 is 5.97 Å². The number of pyridine rings is 1. The molecule has 0 aliphatic rings. The first-order valence-corrected chi connectivity index (χ1v) is 10.1. The third-order valence-corrected chi connectivity index (χ3v) is 6.23. The molecule has 0 spiro atoms. The highest BCUT2D eigenvalue weighted by atomic mass is 32.2. The van der Waals surface area contributed by atoms with Crippen molar-refractivity contribution in [3.63, 3.8) is 0 Å². The lowest BCUT2D eigenvalue weighted by Gasteiger charge is -2.06. The summed E-state index contributed by atoms with van der Waals surface area (Å²) < 4.78 is 6.62. The Balaban J connectivity index is 1.69. The number of carbonyl (C=O) groups excluding carboxylic acids is 2. The van der Waals surface area contributed by atoms with Crippen molar-refractivity contribution >= 4 is 40.0 Å². The zero-order chi connectivity index (χ0) is 20.3. The number of ether oxygens (including phenoxy) is 1. The molecule has 3 aromatic rings. The monoisotopic (exact) mass is 417 g/mol. The van der Waals surface area contributed by atoms with Crippen LogP contribution in [0.1, 0.15) is 20.8 Å². The average molecular weight is 418 g/mol. The number of nitrogens with one attached hydrogen (secondary N) is 1. The van der Waals surface area contributed by atoms with Crippen LogP contribution in [0.3, 0.4) is 0 Å².